The molecule has 0 radical (unpaired) electrons. The van der Waals surface area contributed by atoms with Crippen molar-refractivity contribution in [3.8, 4) is 0 Å². The molecule has 1 unspecified atom stereocenters. The molecule has 0 heterocycles. The minimum absolute atomic E-state index is 0.00873. The van der Waals surface area contributed by atoms with E-state index in [0.717, 1.165) is 18.4 Å². The van der Waals surface area contributed by atoms with Crippen LogP contribution in [0, 0.1) is 34.0 Å². The lowest BCUT2D eigenvalue weighted by atomic mass is 9.61. The summed E-state index contributed by atoms with van der Waals surface area (Å²) >= 11 is 6.17. The van der Waals surface area contributed by atoms with Gasteiger partial charge in [0, 0.05) is 30.8 Å². The summed E-state index contributed by atoms with van der Waals surface area (Å²) < 4.78 is 12.2. The highest BCUT2D eigenvalue weighted by molar-refractivity contribution is 6.30. The number of halogens is 1. The van der Waals surface area contributed by atoms with Gasteiger partial charge in [-0.05, 0) is 99.3 Å². The van der Waals surface area contributed by atoms with Crippen LogP contribution in [0.15, 0.2) is 36.4 Å². The summed E-state index contributed by atoms with van der Waals surface area (Å²) in [4.78, 5) is 40.4. The first-order valence-electron chi connectivity index (χ1n) is 17.4. The molecule has 0 aromatic heterocycles. The van der Waals surface area contributed by atoms with E-state index in [9.17, 15) is 14.4 Å². The number of carbonyl (C=O) groups is 3. The van der Waals surface area contributed by atoms with E-state index in [1.807, 2.05) is 38.1 Å². The summed E-state index contributed by atoms with van der Waals surface area (Å²) in [5.41, 5.74) is -1.95. The Bertz CT molecular complexity index is 1210. The summed E-state index contributed by atoms with van der Waals surface area (Å²) in [7, 11) is 0. The van der Waals surface area contributed by atoms with Crippen LogP contribution in [0.4, 0.5) is 0 Å². The smallest absolute Gasteiger partial charge is 0.312 e. The SMILES string of the molecule is C=C(C(=O)CCC(CC(C)(C)C(C)(C)CC[C@H](C)C(C)C)(NCc1ccc(Cl)cc1)OC(=O)CC(C)(C)C(=O)OC(C)(C)C)C(C)C. The van der Waals surface area contributed by atoms with E-state index < -0.39 is 28.7 Å². The van der Waals surface area contributed by atoms with Crippen LogP contribution >= 0.6 is 11.6 Å². The molecule has 1 aromatic rings. The van der Waals surface area contributed by atoms with Gasteiger partial charge in [-0.2, -0.15) is 0 Å². The normalized spacial score (nSPS) is 14.9. The molecule has 0 saturated heterocycles. The van der Waals surface area contributed by atoms with E-state index >= 15 is 0 Å². The highest BCUT2D eigenvalue weighted by atomic mass is 35.5. The quantitative estimate of drug-likeness (QED) is 0.0893. The van der Waals surface area contributed by atoms with E-state index in [1.165, 1.54) is 0 Å². The van der Waals surface area contributed by atoms with Crippen molar-refractivity contribution in [1.29, 1.82) is 0 Å². The predicted molar refractivity (Wildman–Crippen MR) is 195 cm³/mol. The van der Waals surface area contributed by atoms with Crippen molar-refractivity contribution in [1.82, 2.24) is 5.32 Å². The number of hydrogen-bond acceptors (Lipinski definition) is 6. The van der Waals surface area contributed by atoms with E-state index in [-0.39, 0.29) is 41.8 Å². The molecule has 0 aliphatic rings. The highest BCUT2D eigenvalue weighted by Gasteiger charge is 2.47. The van der Waals surface area contributed by atoms with Crippen LogP contribution in [0.1, 0.15) is 141 Å². The molecule has 0 amide bonds. The van der Waals surface area contributed by atoms with Crippen LogP contribution in [0.5, 0.6) is 0 Å². The van der Waals surface area contributed by atoms with E-state index in [1.54, 1.807) is 34.6 Å². The molecule has 0 aliphatic heterocycles. The number of benzene rings is 1. The number of ketones is 1. The number of ether oxygens (including phenoxy) is 2. The van der Waals surface area contributed by atoms with Crippen LogP contribution < -0.4 is 5.32 Å². The fraction of sp³-hybridized carbons (Fsp3) is 0.725. The summed E-state index contributed by atoms with van der Waals surface area (Å²) in [6, 6.07) is 7.52. The number of hydrogen-bond donors (Lipinski definition) is 1. The molecule has 7 heteroatoms. The van der Waals surface area contributed by atoms with Gasteiger partial charge in [-0.3, -0.25) is 19.7 Å². The van der Waals surface area contributed by atoms with E-state index in [0.29, 0.717) is 35.4 Å². The van der Waals surface area contributed by atoms with Gasteiger partial charge in [0.2, 0.25) is 0 Å². The van der Waals surface area contributed by atoms with Crippen molar-refractivity contribution >= 4 is 29.3 Å². The third kappa shape index (κ3) is 14.1. The molecule has 1 N–H and O–H groups in total. The summed E-state index contributed by atoms with van der Waals surface area (Å²) in [6.45, 7) is 33.0. The monoisotopic (exact) mass is 675 g/mol. The average Bonchev–Trinajstić information content (AvgIpc) is 2.92. The first kappa shape index (κ1) is 42.8. The lowest BCUT2D eigenvalue weighted by Crippen LogP contribution is -2.54. The molecular formula is C40H66ClNO5. The number of Topliss-reactive ketones (excluding diaryl/α,β-unsaturated/α-hetero) is 1. The van der Waals surface area contributed by atoms with Crippen LogP contribution in [-0.4, -0.2) is 29.0 Å². The Morgan fingerprint density at radius 2 is 1.38 bits per heavy atom. The molecule has 0 fully saturated rings. The van der Waals surface area contributed by atoms with Gasteiger partial charge in [-0.25, -0.2) is 0 Å². The zero-order valence-electron chi connectivity index (χ0n) is 32.1. The molecule has 268 valence electrons. The Morgan fingerprint density at radius 3 is 1.87 bits per heavy atom. The van der Waals surface area contributed by atoms with Crippen molar-refractivity contribution in [3.63, 3.8) is 0 Å². The Labute approximate surface area is 292 Å². The summed E-state index contributed by atoms with van der Waals surface area (Å²) in [5, 5.41) is 4.24. The first-order chi connectivity index (χ1) is 21.2. The van der Waals surface area contributed by atoms with Crippen molar-refractivity contribution < 1.29 is 23.9 Å². The molecule has 6 nitrogen and oxygen atoms in total. The van der Waals surface area contributed by atoms with Gasteiger partial charge < -0.3 is 9.47 Å². The number of esters is 2. The standard InChI is InChI=1S/C40H66ClNO5/c1-27(2)29(5)20-22-38(12,13)39(14,15)26-40(23-21-33(43)30(6)28(3)4,42-25-31-16-18-32(41)19-17-31)46-34(44)24-37(10,11)35(45)47-36(7,8)9/h16-19,27-29,42H,6,20-26H2,1-5,7-15H3/t29-,40?/m0/s1. The molecule has 0 bridgehead atoms. The van der Waals surface area contributed by atoms with E-state index in [4.69, 9.17) is 21.1 Å². The molecular weight excluding hydrogens is 610 g/mol. The molecule has 0 saturated carbocycles. The predicted octanol–water partition coefficient (Wildman–Crippen LogP) is 10.5. The van der Waals surface area contributed by atoms with Crippen LogP contribution in [0.2, 0.25) is 5.02 Å². The van der Waals surface area contributed by atoms with Crippen LogP contribution in [0.25, 0.3) is 0 Å². The van der Waals surface area contributed by atoms with Crippen molar-refractivity contribution in [2.45, 2.75) is 153 Å². The minimum Gasteiger partial charge on any atom is -0.460 e. The van der Waals surface area contributed by atoms with E-state index in [2.05, 4.69) is 60.4 Å². The van der Waals surface area contributed by atoms with Gasteiger partial charge in [-0.15, -0.1) is 0 Å². The van der Waals surface area contributed by atoms with Gasteiger partial charge in [0.25, 0.3) is 0 Å². The zero-order chi connectivity index (χ0) is 36.6. The maximum absolute atomic E-state index is 13.9. The zero-order valence-corrected chi connectivity index (χ0v) is 32.9. The second-order valence-electron chi connectivity index (χ2n) is 17.3. The van der Waals surface area contributed by atoms with Crippen molar-refractivity contribution in [2.24, 2.45) is 34.0 Å². The lowest BCUT2D eigenvalue weighted by Gasteiger charge is -2.48. The Morgan fingerprint density at radius 1 is 0.830 bits per heavy atom. The first-order valence-corrected chi connectivity index (χ1v) is 17.8. The van der Waals surface area contributed by atoms with Crippen LogP contribution in [-0.2, 0) is 30.4 Å². The van der Waals surface area contributed by atoms with Crippen LogP contribution in [0.3, 0.4) is 0 Å². The molecule has 0 aliphatic carbocycles. The summed E-state index contributed by atoms with van der Waals surface area (Å²) in [5.74, 6) is 0.126. The number of nitrogens with one attached hydrogen (secondary N) is 1. The van der Waals surface area contributed by atoms with Crippen molar-refractivity contribution in [3.05, 3.63) is 47.0 Å². The second kappa shape index (κ2) is 17.0. The molecule has 0 spiro atoms. The minimum atomic E-state index is -1.21. The fourth-order valence-corrected chi connectivity index (χ4v) is 5.47. The molecule has 1 aromatic carbocycles. The lowest BCUT2D eigenvalue weighted by molar-refractivity contribution is -0.182. The average molecular weight is 676 g/mol. The van der Waals surface area contributed by atoms with Gasteiger partial charge in [0.1, 0.15) is 5.60 Å². The number of rotatable bonds is 19. The second-order valence-corrected chi connectivity index (χ2v) is 17.8. The molecule has 1 rings (SSSR count). The topological polar surface area (TPSA) is 81.7 Å². The Hall–Kier alpha value is -2.18. The largest absolute Gasteiger partial charge is 0.460 e. The van der Waals surface area contributed by atoms with Gasteiger partial charge >= 0.3 is 11.9 Å². The fourth-order valence-electron chi connectivity index (χ4n) is 5.34. The van der Waals surface area contributed by atoms with Gasteiger partial charge in [-0.1, -0.05) is 92.6 Å². The Kier molecular flexibility index (Phi) is 15.5. The number of carbonyl (C=O) groups excluding carboxylic acids is 3. The summed E-state index contributed by atoms with van der Waals surface area (Å²) in [6.07, 6.45) is 2.77. The van der Waals surface area contributed by atoms with Gasteiger partial charge in [0.15, 0.2) is 11.5 Å². The maximum atomic E-state index is 13.9. The van der Waals surface area contributed by atoms with Gasteiger partial charge in [0.05, 0.1) is 11.8 Å². The molecule has 2 atom stereocenters. The number of allylic oxidation sites excluding steroid dienone is 1. The highest BCUT2D eigenvalue weighted by Crippen LogP contribution is 2.49. The molecule has 47 heavy (non-hydrogen) atoms. The third-order valence-electron chi connectivity index (χ3n) is 10.1. The maximum Gasteiger partial charge on any atom is 0.312 e. The Balaban J connectivity index is 3.62. The third-order valence-corrected chi connectivity index (χ3v) is 10.4. The van der Waals surface area contributed by atoms with Crippen molar-refractivity contribution in [2.75, 3.05) is 0 Å².